The number of halogens is 2. The third kappa shape index (κ3) is 2.88. The maximum absolute atomic E-state index is 12.0. The first-order valence-electron chi connectivity index (χ1n) is 4.97. The molecule has 0 radical (unpaired) electrons. The second kappa shape index (κ2) is 5.49. The van der Waals surface area contributed by atoms with Gasteiger partial charge in [-0.2, -0.15) is 0 Å². The van der Waals surface area contributed by atoms with Crippen molar-refractivity contribution < 1.29 is 9.90 Å². The average Bonchev–Trinajstić information content (AvgIpc) is 2.34. The van der Waals surface area contributed by atoms with Gasteiger partial charge in [-0.05, 0) is 50.1 Å². The van der Waals surface area contributed by atoms with Crippen LogP contribution >= 0.6 is 31.9 Å². The van der Waals surface area contributed by atoms with Crippen molar-refractivity contribution in [3.63, 3.8) is 0 Å². The lowest BCUT2D eigenvalue weighted by molar-refractivity contribution is 0.102. The monoisotopic (exact) mass is 370 g/mol. The molecule has 0 aliphatic heterocycles. The van der Waals surface area contributed by atoms with Gasteiger partial charge in [-0.15, -0.1) is 0 Å². The van der Waals surface area contributed by atoms with Crippen molar-refractivity contribution in [2.45, 2.75) is 0 Å². The van der Waals surface area contributed by atoms with Crippen LogP contribution in [-0.2, 0) is 0 Å². The number of anilines is 1. The minimum atomic E-state index is -0.342. The molecule has 6 heteroatoms. The summed E-state index contributed by atoms with van der Waals surface area (Å²) in [5.74, 6) is -0.389. The van der Waals surface area contributed by atoms with Crippen molar-refractivity contribution in [2.24, 2.45) is 0 Å². The molecule has 0 fully saturated rings. The number of benzene rings is 1. The predicted octanol–water partition coefficient (Wildman–Crippen LogP) is 3.56. The second-order valence-corrected chi connectivity index (χ2v) is 5.19. The number of hydrogen-bond donors (Lipinski definition) is 2. The molecule has 0 bridgehead atoms. The summed E-state index contributed by atoms with van der Waals surface area (Å²) in [6.07, 6.45) is 2.66. The summed E-state index contributed by atoms with van der Waals surface area (Å²) in [5, 5.41) is 12.0. The van der Waals surface area contributed by atoms with E-state index in [1.807, 2.05) is 18.2 Å². The fourth-order valence-corrected chi connectivity index (χ4v) is 2.55. The van der Waals surface area contributed by atoms with Gasteiger partial charge in [0.2, 0.25) is 0 Å². The number of aromatic nitrogens is 1. The number of para-hydroxylation sites is 1. The first kappa shape index (κ1) is 13.0. The first-order chi connectivity index (χ1) is 8.58. The Morgan fingerprint density at radius 3 is 2.50 bits per heavy atom. The summed E-state index contributed by atoms with van der Waals surface area (Å²) >= 11 is 6.71. The molecule has 1 aromatic heterocycles. The molecule has 18 heavy (non-hydrogen) atoms. The van der Waals surface area contributed by atoms with E-state index < -0.39 is 0 Å². The summed E-state index contributed by atoms with van der Waals surface area (Å²) in [7, 11) is 0. The van der Waals surface area contributed by atoms with E-state index in [9.17, 15) is 9.90 Å². The van der Waals surface area contributed by atoms with Gasteiger partial charge < -0.3 is 10.4 Å². The van der Waals surface area contributed by atoms with Crippen LogP contribution in [0.3, 0.4) is 0 Å². The third-order valence-corrected chi connectivity index (χ3v) is 3.51. The molecular weight excluding hydrogens is 364 g/mol. The zero-order valence-electron chi connectivity index (χ0n) is 9.02. The standard InChI is InChI=1S/C12H8Br2N2O2/c13-9-2-1-3-10(14)11(9)16-12(18)7-4-8(17)6-15-5-7/h1-6,17H,(H,16,18). The molecule has 0 unspecified atom stereocenters. The van der Waals surface area contributed by atoms with E-state index in [4.69, 9.17) is 0 Å². The fourth-order valence-electron chi connectivity index (χ4n) is 1.35. The van der Waals surface area contributed by atoms with E-state index in [1.54, 1.807) is 0 Å². The van der Waals surface area contributed by atoms with Crippen LogP contribution in [0.2, 0.25) is 0 Å². The molecule has 2 N–H and O–H groups in total. The van der Waals surface area contributed by atoms with E-state index in [0.717, 1.165) is 8.95 Å². The zero-order valence-corrected chi connectivity index (χ0v) is 12.2. The molecule has 2 aromatic rings. The highest BCUT2D eigenvalue weighted by molar-refractivity contribution is 9.11. The Balaban J connectivity index is 2.27. The van der Waals surface area contributed by atoms with E-state index in [2.05, 4.69) is 42.2 Å². The van der Waals surface area contributed by atoms with Gasteiger partial charge >= 0.3 is 0 Å². The van der Waals surface area contributed by atoms with Gasteiger partial charge in [0.05, 0.1) is 17.4 Å². The summed E-state index contributed by atoms with van der Waals surface area (Å²) in [6, 6.07) is 6.84. The van der Waals surface area contributed by atoms with Crippen LogP contribution in [0.15, 0.2) is 45.6 Å². The van der Waals surface area contributed by atoms with Crippen molar-refractivity contribution in [3.8, 4) is 5.75 Å². The smallest absolute Gasteiger partial charge is 0.257 e. The summed E-state index contributed by atoms with van der Waals surface area (Å²) < 4.78 is 1.52. The summed E-state index contributed by atoms with van der Waals surface area (Å²) in [6.45, 7) is 0. The fraction of sp³-hybridized carbons (Fsp3) is 0. The molecule has 1 aromatic carbocycles. The number of rotatable bonds is 2. The molecule has 0 saturated carbocycles. The van der Waals surface area contributed by atoms with Crippen molar-refractivity contribution in [2.75, 3.05) is 5.32 Å². The molecule has 92 valence electrons. The quantitative estimate of drug-likeness (QED) is 0.848. The summed E-state index contributed by atoms with van der Waals surface area (Å²) in [5.41, 5.74) is 0.920. The van der Waals surface area contributed by atoms with Crippen LogP contribution in [0, 0.1) is 0 Å². The molecular formula is C12H8Br2N2O2. The lowest BCUT2D eigenvalue weighted by Crippen LogP contribution is -2.12. The Hall–Kier alpha value is -1.40. The van der Waals surface area contributed by atoms with Crippen LogP contribution in [0.1, 0.15) is 10.4 Å². The van der Waals surface area contributed by atoms with E-state index in [1.165, 1.54) is 18.5 Å². The molecule has 0 aliphatic carbocycles. The Bertz CT molecular complexity index is 582. The van der Waals surface area contributed by atoms with Crippen molar-refractivity contribution in [1.29, 1.82) is 0 Å². The van der Waals surface area contributed by atoms with Gasteiger partial charge in [0.15, 0.2) is 0 Å². The number of carbonyl (C=O) groups excluding carboxylic acids is 1. The zero-order chi connectivity index (χ0) is 13.1. The molecule has 0 aliphatic rings. The minimum Gasteiger partial charge on any atom is -0.506 e. The number of amides is 1. The number of nitrogens with one attached hydrogen (secondary N) is 1. The first-order valence-corrected chi connectivity index (χ1v) is 6.56. The topological polar surface area (TPSA) is 62.2 Å². The Labute approximate surface area is 120 Å². The second-order valence-electron chi connectivity index (χ2n) is 3.48. The lowest BCUT2D eigenvalue weighted by Gasteiger charge is -2.09. The number of carbonyl (C=O) groups is 1. The highest BCUT2D eigenvalue weighted by atomic mass is 79.9. The Morgan fingerprint density at radius 1 is 1.22 bits per heavy atom. The van der Waals surface area contributed by atoms with Crippen LogP contribution in [0.5, 0.6) is 5.75 Å². The van der Waals surface area contributed by atoms with Crippen LogP contribution in [-0.4, -0.2) is 16.0 Å². The minimum absolute atomic E-state index is 0.0474. The molecule has 4 nitrogen and oxygen atoms in total. The van der Waals surface area contributed by atoms with Gasteiger partial charge in [0, 0.05) is 15.1 Å². The van der Waals surface area contributed by atoms with Crippen LogP contribution < -0.4 is 5.32 Å². The van der Waals surface area contributed by atoms with Gasteiger partial charge in [0.1, 0.15) is 5.75 Å². The molecule has 1 heterocycles. The summed E-state index contributed by atoms with van der Waals surface area (Å²) in [4.78, 5) is 15.7. The normalized spacial score (nSPS) is 10.1. The van der Waals surface area contributed by atoms with Gasteiger partial charge in [-0.1, -0.05) is 6.07 Å². The third-order valence-electron chi connectivity index (χ3n) is 2.19. The molecule has 0 spiro atoms. The number of pyridine rings is 1. The largest absolute Gasteiger partial charge is 0.506 e. The van der Waals surface area contributed by atoms with Crippen molar-refractivity contribution >= 4 is 43.5 Å². The highest BCUT2D eigenvalue weighted by Crippen LogP contribution is 2.30. The molecule has 1 amide bonds. The highest BCUT2D eigenvalue weighted by Gasteiger charge is 2.11. The van der Waals surface area contributed by atoms with E-state index in [-0.39, 0.29) is 17.2 Å². The van der Waals surface area contributed by atoms with Crippen LogP contribution in [0.25, 0.3) is 0 Å². The van der Waals surface area contributed by atoms with Crippen LogP contribution in [0.4, 0.5) is 5.69 Å². The molecule has 0 saturated heterocycles. The molecule has 0 atom stereocenters. The van der Waals surface area contributed by atoms with Crippen molar-refractivity contribution in [1.82, 2.24) is 4.98 Å². The lowest BCUT2D eigenvalue weighted by atomic mass is 10.2. The maximum atomic E-state index is 12.0. The number of nitrogens with zero attached hydrogens (tertiary/aromatic N) is 1. The Kier molecular flexibility index (Phi) is 3.98. The van der Waals surface area contributed by atoms with Crippen molar-refractivity contribution in [3.05, 3.63) is 51.2 Å². The van der Waals surface area contributed by atoms with Gasteiger partial charge in [0.25, 0.3) is 5.91 Å². The number of hydrogen-bond acceptors (Lipinski definition) is 3. The number of aromatic hydroxyl groups is 1. The van der Waals surface area contributed by atoms with E-state index >= 15 is 0 Å². The predicted molar refractivity (Wildman–Crippen MR) is 75.7 cm³/mol. The average molecular weight is 372 g/mol. The maximum Gasteiger partial charge on any atom is 0.257 e. The Morgan fingerprint density at radius 2 is 1.89 bits per heavy atom. The molecule has 2 rings (SSSR count). The van der Waals surface area contributed by atoms with Gasteiger partial charge in [-0.3, -0.25) is 9.78 Å². The SMILES string of the molecule is O=C(Nc1c(Br)cccc1Br)c1cncc(O)c1. The van der Waals surface area contributed by atoms with Gasteiger partial charge in [-0.25, -0.2) is 0 Å². The van der Waals surface area contributed by atoms with E-state index in [0.29, 0.717) is 5.69 Å².